The molecular formula is C22H36N6O2. The molecule has 1 aromatic rings. The maximum Gasteiger partial charge on any atom is 0.253 e. The van der Waals surface area contributed by atoms with E-state index >= 15 is 0 Å². The summed E-state index contributed by atoms with van der Waals surface area (Å²) in [6, 6.07) is 7.96. The Hall–Kier alpha value is -2.61. The van der Waals surface area contributed by atoms with Crippen molar-refractivity contribution in [1.82, 2.24) is 25.3 Å². The molecule has 1 aliphatic rings. The van der Waals surface area contributed by atoms with Crippen LogP contribution in [-0.4, -0.2) is 92.9 Å². The third-order valence-electron chi connectivity index (χ3n) is 5.34. The molecule has 2 rings (SSSR count). The number of rotatable bonds is 8. The van der Waals surface area contributed by atoms with Crippen LogP contribution in [0.3, 0.4) is 0 Å². The fourth-order valence-electron chi connectivity index (χ4n) is 3.43. The van der Waals surface area contributed by atoms with Crippen LogP contribution in [0.15, 0.2) is 29.3 Å². The summed E-state index contributed by atoms with van der Waals surface area (Å²) in [5, 5.41) is 6.54. The molecule has 2 N–H and O–H groups in total. The molecule has 0 aliphatic carbocycles. The summed E-state index contributed by atoms with van der Waals surface area (Å²) < 4.78 is 0. The molecule has 2 amide bonds. The third kappa shape index (κ3) is 7.02. The van der Waals surface area contributed by atoms with Crippen LogP contribution in [-0.2, 0) is 11.3 Å². The zero-order valence-electron chi connectivity index (χ0n) is 18.9. The van der Waals surface area contributed by atoms with Gasteiger partial charge < -0.3 is 20.4 Å². The average Bonchev–Trinajstić information content (AvgIpc) is 3.20. The second-order valence-corrected chi connectivity index (χ2v) is 8.01. The number of aliphatic imine (C=N–C) groups is 1. The van der Waals surface area contributed by atoms with Crippen molar-refractivity contribution in [3.05, 3.63) is 35.4 Å². The number of benzene rings is 1. The Balaban J connectivity index is 2.01. The molecule has 0 radical (unpaired) electrons. The summed E-state index contributed by atoms with van der Waals surface area (Å²) in [6.45, 7) is 5.82. The molecule has 1 aromatic carbocycles. The van der Waals surface area contributed by atoms with Gasteiger partial charge in [-0.15, -0.1) is 0 Å². The summed E-state index contributed by atoms with van der Waals surface area (Å²) in [6.07, 6.45) is 2.39. The minimum Gasteiger partial charge on any atom is -0.355 e. The lowest BCUT2D eigenvalue weighted by molar-refractivity contribution is -0.127. The molecule has 1 saturated heterocycles. The van der Waals surface area contributed by atoms with Crippen LogP contribution in [0, 0.1) is 0 Å². The SMILES string of the molecule is CCN1CCCC1CNC(=NCc1ccc(C(=O)N(C)C)cc1)NCC(=O)N(C)C. The Labute approximate surface area is 180 Å². The smallest absolute Gasteiger partial charge is 0.253 e. The van der Waals surface area contributed by atoms with E-state index in [1.165, 1.54) is 12.8 Å². The van der Waals surface area contributed by atoms with Crippen molar-refractivity contribution in [2.75, 3.05) is 54.4 Å². The van der Waals surface area contributed by atoms with Crippen LogP contribution in [0.1, 0.15) is 35.7 Å². The molecule has 0 aromatic heterocycles. The average molecular weight is 417 g/mol. The second kappa shape index (κ2) is 11.5. The number of carbonyl (C=O) groups is 2. The maximum absolute atomic E-state index is 12.0. The van der Waals surface area contributed by atoms with Crippen LogP contribution in [0.5, 0.6) is 0 Å². The fourth-order valence-corrected chi connectivity index (χ4v) is 3.43. The Morgan fingerprint density at radius 3 is 2.40 bits per heavy atom. The van der Waals surface area contributed by atoms with Crippen molar-refractivity contribution in [3.8, 4) is 0 Å². The molecule has 0 saturated carbocycles. The van der Waals surface area contributed by atoms with Gasteiger partial charge in [0.15, 0.2) is 5.96 Å². The van der Waals surface area contributed by atoms with Crippen LogP contribution in [0.2, 0.25) is 0 Å². The molecule has 1 aliphatic heterocycles. The van der Waals surface area contributed by atoms with E-state index in [-0.39, 0.29) is 18.4 Å². The molecule has 1 fully saturated rings. The van der Waals surface area contributed by atoms with Crippen LogP contribution in [0.4, 0.5) is 0 Å². The Bertz CT molecular complexity index is 730. The van der Waals surface area contributed by atoms with Crippen molar-refractivity contribution < 1.29 is 9.59 Å². The third-order valence-corrected chi connectivity index (χ3v) is 5.34. The van der Waals surface area contributed by atoms with Crippen LogP contribution >= 0.6 is 0 Å². The highest BCUT2D eigenvalue weighted by atomic mass is 16.2. The number of guanidine groups is 1. The molecule has 0 bridgehead atoms. The predicted octanol–water partition coefficient (Wildman–Crippen LogP) is 0.996. The van der Waals surface area contributed by atoms with Gasteiger partial charge in [-0.25, -0.2) is 4.99 Å². The molecule has 30 heavy (non-hydrogen) atoms. The first-order valence-electron chi connectivity index (χ1n) is 10.6. The first-order chi connectivity index (χ1) is 14.3. The van der Waals surface area contributed by atoms with Gasteiger partial charge in [-0.2, -0.15) is 0 Å². The normalized spacial score (nSPS) is 17.0. The van der Waals surface area contributed by atoms with E-state index in [0.29, 0.717) is 24.1 Å². The van der Waals surface area contributed by atoms with Gasteiger partial charge in [0.05, 0.1) is 13.1 Å². The van der Waals surface area contributed by atoms with E-state index < -0.39 is 0 Å². The van der Waals surface area contributed by atoms with Crippen LogP contribution < -0.4 is 10.6 Å². The fraction of sp³-hybridized carbons (Fsp3) is 0.591. The van der Waals surface area contributed by atoms with Gasteiger partial charge in [-0.1, -0.05) is 19.1 Å². The summed E-state index contributed by atoms with van der Waals surface area (Å²) in [4.78, 5) is 34.2. The number of nitrogens with one attached hydrogen (secondary N) is 2. The monoisotopic (exact) mass is 416 g/mol. The molecular weight excluding hydrogens is 380 g/mol. The second-order valence-electron chi connectivity index (χ2n) is 8.01. The van der Waals surface area contributed by atoms with E-state index in [1.807, 2.05) is 24.3 Å². The van der Waals surface area contributed by atoms with Gasteiger partial charge >= 0.3 is 0 Å². The topological polar surface area (TPSA) is 80.3 Å². The number of carbonyl (C=O) groups excluding carboxylic acids is 2. The lowest BCUT2D eigenvalue weighted by Gasteiger charge is -2.24. The Morgan fingerprint density at radius 1 is 1.10 bits per heavy atom. The largest absolute Gasteiger partial charge is 0.355 e. The molecule has 1 atom stereocenters. The van der Waals surface area contributed by atoms with Gasteiger partial charge in [0.1, 0.15) is 0 Å². The number of nitrogens with zero attached hydrogens (tertiary/aromatic N) is 4. The zero-order valence-corrected chi connectivity index (χ0v) is 18.9. The molecule has 0 spiro atoms. The number of likely N-dealkylation sites (tertiary alicyclic amines) is 1. The summed E-state index contributed by atoms with van der Waals surface area (Å²) in [7, 11) is 6.96. The number of likely N-dealkylation sites (N-methyl/N-ethyl adjacent to an activating group) is 2. The van der Waals surface area contributed by atoms with Gasteiger partial charge in [0.25, 0.3) is 5.91 Å². The number of amides is 2. The van der Waals surface area contributed by atoms with E-state index in [4.69, 9.17) is 0 Å². The first kappa shape index (κ1) is 23.7. The van der Waals surface area contributed by atoms with Gasteiger partial charge in [-0.05, 0) is 43.6 Å². The zero-order chi connectivity index (χ0) is 22.1. The van der Waals surface area contributed by atoms with Crippen molar-refractivity contribution >= 4 is 17.8 Å². The quantitative estimate of drug-likeness (QED) is 0.488. The van der Waals surface area contributed by atoms with Crippen molar-refractivity contribution in [3.63, 3.8) is 0 Å². The van der Waals surface area contributed by atoms with Gasteiger partial charge in [-0.3, -0.25) is 14.5 Å². The lowest BCUT2D eigenvalue weighted by Crippen LogP contribution is -2.47. The van der Waals surface area contributed by atoms with E-state index in [1.54, 1.807) is 38.0 Å². The Kier molecular flexibility index (Phi) is 9.11. The summed E-state index contributed by atoms with van der Waals surface area (Å²) in [5.74, 6) is 0.599. The minimum absolute atomic E-state index is 0.00731. The van der Waals surface area contributed by atoms with E-state index in [0.717, 1.165) is 25.2 Å². The minimum atomic E-state index is -0.0201. The number of hydrogen-bond donors (Lipinski definition) is 2. The van der Waals surface area contributed by atoms with Gasteiger partial charge in [0.2, 0.25) is 5.91 Å². The standard InChI is InChI=1S/C22H36N6O2/c1-6-28-13-7-8-19(28)15-24-22(25-16-20(29)26(2)3)23-14-17-9-11-18(12-10-17)21(30)27(4)5/h9-12,19H,6-8,13-16H2,1-5H3,(H2,23,24,25). The highest BCUT2D eigenvalue weighted by Gasteiger charge is 2.22. The van der Waals surface area contributed by atoms with Crippen molar-refractivity contribution in [2.24, 2.45) is 4.99 Å². The summed E-state index contributed by atoms with van der Waals surface area (Å²) >= 11 is 0. The molecule has 166 valence electrons. The highest BCUT2D eigenvalue weighted by Crippen LogP contribution is 2.15. The molecule has 8 heteroatoms. The Morgan fingerprint density at radius 2 is 1.80 bits per heavy atom. The molecule has 1 heterocycles. The van der Waals surface area contributed by atoms with Crippen molar-refractivity contribution in [2.45, 2.75) is 32.4 Å². The predicted molar refractivity (Wildman–Crippen MR) is 121 cm³/mol. The van der Waals surface area contributed by atoms with E-state index in [9.17, 15) is 9.59 Å². The summed E-state index contributed by atoms with van der Waals surface area (Å²) in [5.41, 5.74) is 1.66. The lowest BCUT2D eigenvalue weighted by atomic mass is 10.1. The van der Waals surface area contributed by atoms with Gasteiger partial charge in [0, 0.05) is 46.3 Å². The first-order valence-corrected chi connectivity index (χ1v) is 10.6. The molecule has 1 unspecified atom stereocenters. The van der Waals surface area contributed by atoms with E-state index in [2.05, 4.69) is 27.4 Å². The highest BCUT2D eigenvalue weighted by molar-refractivity contribution is 5.93. The van der Waals surface area contributed by atoms with Crippen molar-refractivity contribution in [1.29, 1.82) is 0 Å². The maximum atomic E-state index is 12.0. The molecule has 8 nitrogen and oxygen atoms in total. The van der Waals surface area contributed by atoms with Crippen LogP contribution in [0.25, 0.3) is 0 Å². The number of hydrogen-bond acceptors (Lipinski definition) is 4.